The Kier molecular flexibility index (Phi) is 5.61. The van der Waals surface area contributed by atoms with Crippen molar-refractivity contribution < 1.29 is 24.6 Å². The van der Waals surface area contributed by atoms with Gasteiger partial charge in [-0.2, -0.15) is 0 Å². The van der Waals surface area contributed by atoms with Crippen molar-refractivity contribution in [2.75, 3.05) is 7.11 Å². The van der Waals surface area contributed by atoms with Crippen LogP contribution in [0.1, 0.15) is 61.3 Å². The van der Waals surface area contributed by atoms with Crippen LogP contribution in [0.15, 0.2) is 36.4 Å². The summed E-state index contributed by atoms with van der Waals surface area (Å²) < 4.78 is 11.8. The van der Waals surface area contributed by atoms with Crippen LogP contribution in [-0.2, 0) is 11.3 Å². The van der Waals surface area contributed by atoms with E-state index in [0.29, 0.717) is 24.3 Å². The highest BCUT2D eigenvalue weighted by molar-refractivity contribution is 5.88. The monoisotopic (exact) mass is 466 g/mol. The second-order valence-corrected chi connectivity index (χ2v) is 10.1. The van der Waals surface area contributed by atoms with Crippen molar-refractivity contribution in [3.8, 4) is 11.5 Å². The standard InChI is InChI=1S/C26H30N2O6/c1-26-8-7-16-17-10-23(33-2)21(29)9-18(17)22(11-19(16)25(26)20(27)12-24(26)30)34-13-14-3-5-15(6-4-14)28(31)32/h3-6,9-10,16,19,22,24-25,27,29-30H,7-8,11-13H2,1-2H3/t16-,19-,22?,24?,25-,26-/m1/s1. The number of hydrogen-bond acceptors (Lipinski definition) is 7. The van der Waals surface area contributed by atoms with Gasteiger partial charge >= 0.3 is 0 Å². The highest BCUT2D eigenvalue weighted by Gasteiger charge is 2.58. The Morgan fingerprint density at radius 3 is 2.65 bits per heavy atom. The van der Waals surface area contributed by atoms with Crippen LogP contribution >= 0.6 is 0 Å². The molecule has 3 N–H and O–H groups in total. The zero-order valence-corrected chi connectivity index (χ0v) is 19.4. The number of rotatable bonds is 5. The first-order valence-corrected chi connectivity index (χ1v) is 11.7. The zero-order chi connectivity index (χ0) is 24.2. The van der Waals surface area contributed by atoms with Crippen molar-refractivity contribution in [1.29, 1.82) is 5.41 Å². The number of nitrogens with zero attached hydrogens (tertiary/aromatic N) is 1. The largest absolute Gasteiger partial charge is 0.504 e. The summed E-state index contributed by atoms with van der Waals surface area (Å²) >= 11 is 0. The minimum absolute atomic E-state index is 0.0142. The van der Waals surface area contributed by atoms with Crippen LogP contribution < -0.4 is 4.74 Å². The lowest BCUT2D eigenvalue weighted by molar-refractivity contribution is -0.384. The van der Waals surface area contributed by atoms with Crippen LogP contribution in [0.25, 0.3) is 0 Å². The zero-order valence-electron chi connectivity index (χ0n) is 19.4. The number of nitrogens with one attached hydrogen (secondary N) is 1. The van der Waals surface area contributed by atoms with Crippen molar-refractivity contribution in [3.63, 3.8) is 0 Å². The minimum atomic E-state index is -0.499. The molecule has 3 aliphatic rings. The van der Waals surface area contributed by atoms with E-state index in [1.165, 1.54) is 19.2 Å². The van der Waals surface area contributed by atoms with Crippen LogP contribution in [0.4, 0.5) is 5.69 Å². The number of fused-ring (bicyclic) bond motifs is 5. The molecular weight excluding hydrogens is 436 g/mol. The number of nitro groups is 1. The molecule has 2 fully saturated rings. The second kappa shape index (κ2) is 8.36. The number of hydrogen-bond donors (Lipinski definition) is 3. The molecule has 0 spiro atoms. The third kappa shape index (κ3) is 3.56. The summed E-state index contributed by atoms with van der Waals surface area (Å²) in [5.41, 5.74) is 3.18. The molecule has 0 aromatic heterocycles. The summed E-state index contributed by atoms with van der Waals surface area (Å²) in [6.45, 7) is 2.38. The molecule has 180 valence electrons. The van der Waals surface area contributed by atoms with Gasteiger partial charge in [-0.3, -0.25) is 10.1 Å². The molecule has 0 bridgehead atoms. The Labute approximate surface area is 198 Å². The minimum Gasteiger partial charge on any atom is -0.504 e. The molecule has 0 amide bonds. The summed E-state index contributed by atoms with van der Waals surface area (Å²) in [4.78, 5) is 10.5. The lowest BCUT2D eigenvalue weighted by Crippen LogP contribution is -2.46. The molecule has 0 heterocycles. The number of aliphatic hydroxyl groups is 1. The van der Waals surface area contributed by atoms with E-state index in [1.54, 1.807) is 18.2 Å². The van der Waals surface area contributed by atoms with E-state index < -0.39 is 11.0 Å². The molecule has 8 heteroatoms. The molecule has 8 nitrogen and oxygen atoms in total. The lowest BCUT2D eigenvalue weighted by Gasteiger charge is -2.51. The highest BCUT2D eigenvalue weighted by atomic mass is 16.6. The molecule has 5 rings (SSSR count). The number of methoxy groups -OCH3 is 1. The van der Waals surface area contributed by atoms with Gasteiger partial charge in [0.15, 0.2) is 11.5 Å². The molecule has 2 unspecified atom stereocenters. The fourth-order valence-electron chi connectivity index (χ4n) is 6.65. The van der Waals surface area contributed by atoms with Gasteiger partial charge in [0.25, 0.3) is 5.69 Å². The van der Waals surface area contributed by atoms with Crippen molar-refractivity contribution in [1.82, 2.24) is 0 Å². The third-order valence-corrected chi connectivity index (χ3v) is 8.41. The number of aliphatic hydroxyl groups excluding tert-OH is 1. The Balaban J connectivity index is 1.49. The number of aromatic hydroxyl groups is 1. The smallest absolute Gasteiger partial charge is 0.269 e. The predicted molar refractivity (Wildman–Crippen MR) is 125 cm³/mol. The van der Waals surface area contributed by atoms with Crippen LogP contribution in [0, 0.1) is 32.8 Å². The van der Waals surface area contributed by atoms with E-state index in [-0.39, 0.29) is 47.3 Å². The van der Waals surface area contributed by atoms with Gasteiger partial charge in [0.1, 0.15) is 0 Å². The van der Waals surface area contributed by atoms with Crippen LogP contribution in [0.3, 0.4) is 0 Å². The number of phenolic OH excluding ortho intramolecular Hbond substituents is 1. The normalized spacial score (nSPS) is 32.0. The van der Waals surface area contributed by atoms with Crippen LogP contribution in [0.2, 0.25) is 0 Å². The molecule has 2 saturated carbocycles. The van der Waals surface area contributed by atoms with E-state index in [2.05, 4.69) is 6.92 Å². The fraction of sp³-hybridized carbons (Fsp3) is 0.500. The van der Waals surface area contributed by atoms with Gasteiger partial charge in [-0.1, -0.05) is 6.92 Å². The molecule has 34 heavy (non-hydrogen) atoms. The molecule has 0 radical (unpaired) electrons. The van der Waals surface area contributed by atoms with Crippen molar-refractivity contribution in [2.45, 2.75) is 57.3 Å². The van der Waals surface area contributed by atoms with Gasteiger partial charge in [-0.15, -0.1) is 0 Å². The van der Waals surface area contributed by atoms with E-state index in [9.17, 15) is 20.3 Å². The van der Waals surface area contributed by atoms with Crippen molar-refractivity contribution in [3.05, 3.63) is 63.2 Å². The van der Waals surface area contributed by atoms with E-state index >= 15 is 0 Å². The molecule has 6 atom stereocenters. The van der Waals surface area contributed by atoms with Gasteiger partial charge in [0.2, 0.25) is 0 Å². The van der Waals surface area contributed by atoms with Crippen molar-refractivity contribution in [2.24, 2.45) is 17.3 Å². The number of nitro benzene ring substituents is 1. The first-order chi connectivity index (χ1) is 16.2. The number of non-ortho nitro benzene ring substituents is 1. The highest BCUT2D eigenvalue weighted by Crippen LogP contribution is 2.62. The molecule has 2 aromatic carbocycles. The Morgan fingerprint density at radius 2 is 1.97 bits per heavy atom. The maximum Gasteiger partial charge on any atom is 0.269 e. The van der Waals surface area contributed by atoms with E-state index in [1.807, 2.05) is 6.07 Å². The first kappa shape index (κ1) is 22.8. The number of ether oxygens (including phenoxy) is 2. The SMILES string of the molecule is COc1cc2c(cc1O)C(OCc1ccc([N+](=O)[O-])cc1)C[C@@H]1[C@@H]2CC[C@]2(C)C(O)CC(=N)[C@@H]12. The third-order valence-electron chi connectivity index (χ3n) is 8.41. The summed E-state index contributed by atoms with van der Waals surface area (Å²) in [6, 6.07) is 9.95. The molecule has 0 aliphatic heterocycles. The topological polar surface area (TPSA) is 126 Å². The summed E-state index contributed by atoms with van der Waals surface area (Å²) in [5.74, 6) is 0.816. The molecule has 3 aliphatic carbocycles. The van der Waals surface area contributed by atoms with Crippen molar-refractivity contribution >= 4 is 11.4 Å². The summed E-state index contributed by atoms with van der Waals surface area (Å²) in [7, 11) is 1.53. The Morgan fingerprint density at radius 1 is 1.24 bits per heavy atom. The second-order valence-electron chi connectivity index (χ2n) is 10.1. The van der Waals surface area contributed by atoms with E-state index in [4.69, 9.17) is 14.9 Å². The molecular formula is C26H30N2O6. The van der Waals surface area contributed by atoms with Gasteiger partial charge < -0.3 is 25.1 Å². The lowest BCUT2D eigenvalue weighted by atomic mass is 9.54. The quantitative estimate of drug-likeness (QED) is 0.426. The average Bonchev–Trinajstić information content (AvgIpc) is 3.05. The fourth-order valence-corrected chi connectivity index (χ4v) is 6.65. The summed E-state index contributed by atoms with van der Waals surface area (Å²) in [5, 5.41) is 40.9. The van der Waals surface area contributed by atoms with Crippen LogP contribution in [0.5, 0.6) is 11.5 Å². The maximum atomic E-state index is 10.9. The first-order valence-electron chi connectivity index (χ1n) is 11.7. The van der Waals surface area contributed by atoms with Gasteiger partial charge in [-0.05, 0) is 72.1 Å². The average molecular weight is 467 g/mol. The van der Waals surface area contributed by atoms with E-state index in [0.717, 1.165) is 29.5 Å². The Hall–Kier alpha value is -2.97. The summed E-state index contributed by atoms with van der Waals surface area (Å²) in [6.07, 6.45) is 2.05. The molecule has 0 saturated heterocycles. The Bertz CT molecular complexity index is 1130. The molecule has 2 aromatic rings. The van der Waals surface area contributed by atoms with Gasteiger partial charge in [0.05, 0.1) is 30.8 Å². The number of benzene rings is 2. The van der Waals surface area contributed by atoms with Gasteiger partial charge in [-0.25, -0.2) is 0 Å². The number of phenols is 1. The van der Waals surface area contributed by atoms with Crippen LogP contribution in [-0.4, -0.2) is 34.1 Å². The van der Waals surface area contributed by atoms with Gasteiger partial charge in [0, 0.05) is 35.6 Å². The predicted octanol–water partition coefficient (Wildman–Crippen LogP) is 4.87. The maximum absolute atomic E-state index is 10.9.